The fourth-order valence-electron chi connectivity index (χ4n) is 1.12. The quantitative estimate of drug-likeness (QED) is 0.283. The molecular weight excluding hydrogens is 303 g/mol. The minimum atomic E-state index is -4.74. The minimum Gasteiger partial charge on any atom is -0.223 e. The number of benzene rings is 1. The van der Waals surface area contributed by atoms with Crippen LogP contribution in [0.5, 0.6) is 0 Å². The van der Waals surface area contributed by atoms with E-state index in [2.05, 4.69) is 0 Å². The van der Waals surface area contributed by atoms with Gasteiger partial charge in [0.25, 0.3) is 0 Å². The second-order valence-electron chi connectivity index (χ2n) is 3.41. The molecule has 0 bridgehead atoms. The molecule has 1 rings (SSSR count). The van der Waals surface area contributed by atoms with E-state index >= 15 is 0 Å². The lowest BCUT2D eigenvalue weighted by atomic mass is 10.3. The Morgan fingerprint density at radius 2 is 1.28 bits per heavy atom. The molecule has 0 fully saturated rings. The van der Waals surface area contributed by atoms with Gasteiger partial charge in [0.05, 0.1) is 5.25 Å². The van der Waals surface area contributed by atoms with Gasteiger partial charge in [-0.1, -0.05) is 0 Å². The van der Waals surface area contributed by atoms with Crippen LogP contribution in [0.15, 0.2) is 4.90 Å². The third-order valence-electron chi connectivity index (χ3n) is 2.20. The molecule has 0 saturated carbocycles. The standard InChI is InChI=1S/C9H6ClF5O2S/c1-3(2-10)18(16,17)9-7(14)5(12)4(11)6(13)8(9)15/h3H,2H2,1H3. The van der Waals surface area contributed by atoms with E-state index in [1.807, 2.05) is 0 Å². The SMILES string of the molecule is CC(CCl)S(=O)(=O)c1c(F)c(F)c(F)c(F)c1F. The number of sulfone groups is 1. The van der Waals surface area contributed by atoms with Gasteiger partial charge in [0.2, 0.25) is 5.82 Å². The van der Waals surface area contributed by atoms with Crippen molar-refractivity contribution in [2.75, 3.05) is 5.88 Å². The number of rotatable bonds is 3. The highest BCUT2D eigenvalue weighted by Gasteiger charge is 2.36. The summed E-state index contributed by atoms with van der Waals surface area (Å²) in [5.74, 6) is -12.4. The molecule has 18 heavy (non-hydrogen) atoms. The summed E-state index contributed by atoms with van der Waals surface area (Å²) in [6, 6.07) is 0. The molecular formula is C9H6ClF5O2S. The maximum atomic E-state index is 13.3. The highest BCUT2D eigenvalue weighted by molar-refractivity contribution is 7.92. The normalized spacial score (nSPS) is 13.7. The van der Waals surface area contributed by atoms with Crippen LogP contribution in [0.3, 0.4) is 0 Å². The molecule has 9 heteroatoms. The van der Waals surface area contributed by atoms with Gasteiger partial charge in [-0.3, -0.25) is 0 Å². The first-order chi connectivity index (χ1) is 8.16. The van der Waals surface area contributed by atoms with Crippen LogP contribution in [-0.2, 0) is 9.84 Å². The monoisotopic (exact) mass is 308 g/mol. The van der Waals surface area contributed by atoms with Crippen LogP contribution < -0.4 is 0 Å². The van der Waals surface area contributed by atoms with Crippen molar-refractivity contribution < 1.29 is 30.4 Å². The molecule has 1 aromatic rings. The van der Waals surface area contributed by atoms with E-state index < -0.39 is 54.9 Å². The third-order valence-corrected chi connectivity index (χ3v) is 5.00. The zero-order valence-corrected chi connectivity index (χ0v) is 10.3. The third kappa shape index (κ3) is 2.18. The van der Waals surface area contributed by atoms with E-state index in [4.69, 9.17) is 11.6 Å². The Bertz CT molecular complexity index is 558. The first kappa shape index (κ1) is 15.2. The number of halogens is 6. The summed E-state index contributed by atoms with van der Waals surface area (Å²) in [6.07, 6.45) is 0. The molecule has 0 aliphatic carbocycles. The molecule has 0 aliphatic rings. The molecule has 0 spiro atoms. The van der Waals surface area contributed by atoms with Crippen molar-refractivity contribution in [1.82, 2.24) is 0 Å². The molecule has 0 aromatic heterocycles. The molecule has 0 amide bonds. The average Bonchev–Trinajstić information content (AvgIpc) is 2.32. The van der Waals surface area contributed by atoms with Crippen LogP contribution in [0, 0.1) is 29.1 Å². The Morgan fingerprint density at radius 1 is 0.944 bits per heavy atom. The van der Waals surface area contributed by atoms with Gasteiger partial charge in [-0.2, -0.15) is 0 Å². The van der Waals surface area contributed by atoms with Crippen molar-refractivity contribution in [3.05, 3.63) is 29.1 Å². The highest BCUT2D eigenvalue weighted by atomic mass is 35.5. The highest BCUT2D eigenvalue weighted by Crippen LogP contribution is 2.29. The van der Waals surface area contributed by atoms with Crippen molar-refractivity contribution in [3.63, 3.8) is 0 Å². The van der Waals surface area contributed by atoms with E-state index in [-0.39, 0.29) is 0 Å². The minimum absolute atomic E-state index is 0.554. The van der Waals surface area contributed by atoms with Gasteiger partial charge in [-0.25, -0.2) is 30.4 Å². The van der Waals surface area contributed by atoms with Crippen molar-refractivity contribution in [2.45, 2.75) is 17.1 Å². The van der Waals surface area contributed by atoms with Gasteiger partial charge >= 0.3 is 0 Å². The fraction of sp³-hybridized carbons (Fsp3) is 0.333. The number of alkyl halides is 1. The maximum absolute atomic E-state index is 13.3. The summed E-state index contributed by atoms with van der Waals surface area (Å²) in [5, 5.41) is -1.49. The van der Waals surface area contributed by atoms with Crippen molar-refractivity contribution >= 4 is 21.4 Å². The van der Waals surface area contributed by atoms with E-state index in [0.717, 1.165) is 6.92 Å². The molecule has 1 atom stereocenters. The van der Waals surface area contributed by atoms with Crippen molar-refractivity contribution in [1.29, 1.82) is 0 Å². The second kappa shape index (κ2) is 5.00. The van der Waals surface area contributed by atoms with Crippen LogP contribution in [-0.4, -0.2) is 19.5 Å². The summed E-state index contributed by atoms with van der Waals surface area (Å²) < 4.78 is 88.1. The van der Waals surface area contributed by atoms with Gasteiger partial charge in [0.15, 0.2) is 33.1 Å². The van der Waals surface area contributed by atoms with Crippen LogP contribution in [0.4, 0.5) is 22.0 Å². The average molecular weight is 309 g/mol. The van der Waals surface area contributed by atoms with E-state index in [9.17, 15) is 30.4 Å². The summed E-state index contributed by atoms with van der Waals surface area (Å²) in [4.78, 5) is -1.85. The zero-order valence-electron chi connectivity index (χ0n) is 8.78. The Kier molecular flexibility index (Phi) is 4.22. The molecule has 0 N–H and O–H groups in total. The smallest absolute Gasteiger partial charge is 0.200 e. The Balaban J connectivity index is 3.73. The zero-order chi connectivity index (χ0) is 14.2. The number of hydrogen-bond donors (Lipinski definition) is 0. The molecule has 102 valence electrons. The topological polar surface area (TPSA) is 34.1 Å². The predicted octanol–water partition coefficient (Wildman–Crippen LogP) is 2.78. The first-order valence-electron chi connectivity index (χ1n) is 4.47. The van der Waals surface area contributed by atoms with Gasteiger partial charge < -0.3 is 0 Å². The van der Waals surface area contributed by atoms with Gasteiger partial charge in [0, 0.05) is 5.88 Å². The number of hydrogen-bond acceptors (Lipinski definition) is 2. The van der Waals surface area contributed by atoms with Crippen LogP contribution in [0.25, 0.3) is 0 Å². The van der Waals surface area contributed by atoms with Gasteiger partial charge in [-0.05, 0) is 6.92 Å². The summed E-state index contributed by atoms with van der Waals surface area (Å²) in [5.41, 5.74) is 0. The van der Waals surface area contributed by atoms with Gasteiger partial charge in [-0.15, -0.1) is 11.6 Å². The molecule has 1 aromatic carbocycles. The Hall–Kier alpha value is -0.890. The Morgan fingerprint density at radius 3 is 1.61 bits per heavy atom. The summed E-state index contributed by atoms with van der Waals surface area (Å²) in [6.45, 7) is 0.986. The molecule has 1 unspecified atom stereocenters. The molecule has 2 nitrogen and oxygen atoms in total. The molecule has 0 aliphatic heterocycles. The molecule has 0 radical (unpaired) electrons. The second-order valence-corrected chi connectivity index (χ2v) is 6.02. The molecule has 0 saturated heterocycles. The van der Waals surface area contributed by atoms with E-state index in [1.165, 1.54) is 0 Å². The maximum Gasteiger partial charge on any atom is 0.200 e. The largest absolute Gasteiger partial charge is 0.223 e. The lowest BCUT2D eigenvalue weighted by Crippen LogP contribution is -2.23. The lowest BCUT2D eigenvalue weighted by molar-refractivity contribution is 0.357. The van der Waals surface area contributed by atoms with Crippen molar-refractivity contribution in [3.8, 4) is 0 Å². The van der Waals surface area contributed by atoms with Gasteiger partial charge in [0.1, 0.15) is 4.90 Å². The van der Waals surface area contributed by atoms with Crippen LogP contribution in [0.1, 0.15) is 6.92 Å². The van der Waals surface area contributed by atoms with Crippen molar-refractivity contribution in [2.24, 2.45) is 0 Å². The van der Waals surface area contributed by atoms with E-state index in [0.29, 0.717) is 0 Å². The van der Waals surface area contributed by atoms with Crippen LogP contribution >= 0.6 is 11.6 Å². The molecule has 0 heterocycles. The lowest BCUT2D eigenvalue weighted by Gasteiger charge is -2.12. The fourth-order valence-corrected chi connectivity index (χ4v) is 2.86. The first-order valence-corrected chi connectivity index (χ1v) is 6.55. The summed E-state index contributed by atoms with van der Waals surface area (Å²) in [7, 11) is -4.74. The summed E-state index contributed by atoms with van der Waals surface area (Å²) >= 11 is 5.22. The predicted molar refractivity (Wildman–Crippen MR) is 53.6 cm³/mol. The Labute approximate surface area is 104 Å². The van der Waals surface area contributed by atoms with E-state index in [1.54, 1.807) is 0 Å². The van der Waals surface area contributed by atoms with Crippen LogP contribution in [0.2, 0.25) is 0 Å².